The molecular weight excluding hydrogens is 426 g/mol. The number of aryl methyl sites for hydroxylation is 2. The van der Waals surface area contributed by atoms with Crippen LogP contribution >= 0.6 is 0 Å². The number of fused-ring (bicyclic) bond motifs is 3. The van der Waals surface area contributed by atoms with Crippen molar-refractivity contribution in [3.8, 4) is 11.1 Å². The standard InChI is InChI=1S/C27H27N5O2/c1-18-5-2-3-6-21(18)24-22-17-28-27(30-26(22)32-12-4-7-23(33)25(24)32)29-19-8-10-20(11-9-19)31-13-15-34-16-14-31/h2-3,5-6,8-11,17H,4,7,12-16H2,1H3,(H,28,29,30). The number of nitrogens with zero attached hydrogens (tertiary/aromatic N) is 4. The third-order valence-electron chi connectivity index (χ3n) is 6.76. The summed E-state index contributed by atoms with van der Waals surface area (Å²) in [6, 6.07) is 16.5. The Labute approximate surface area is 198 Å². The summed E-state index contributed by atoms with van der Waals surface area (Å²) in [6.07, 6.45) is 3.26. The van der Waals surface area contributed by atoms with Crippen LogP contribution in [0.25, 0.3) is 22.2 Å². The number of anilines is 3. The summed E-state index contributed by atoms with van der Waals surface area (Å²) in [6.45, 7) is 6.22. The van der Waals surface area contributed by atoms with E-state index in [1.165, 1.54) is 5.69 Å². The minimum Gasteiger partial charge on any atom is -0.378 e. The molecule has 1 fully saturated rings. The van der Waals surface area contributed by atoms with Crippen LogP contribution < -0.4 is 10.2 Å². The predicted molar refractivity (Wildman–Crippen MR) is 134 cm³/mol. The van der Waals surface area contributed by atoms with E-state index < -0.39 is 0 Å². The van der Waals surface area contributed by atoms with Crippen LogP contribution in [-0.4, -0.2) is 46.6 Å². The molecule has 6 rings (SSSR count). The van der Waals surface area contributed by atoms with Gasteiger partial charge in [0.2, 0.25) is 5.95 Å². The van der Waals surface area contributed by atoms with Gasteiger partial charge in [0, 0.05) is 54.6 Å². The minimum absolute atomic E-state index is 0.177. The second-order valence-corrected chi connectivity index (χ2v) is 8.92. The average Bonchev–Trinajstić information content (AvgIpc) is 3.20. The van der Waals surface area contributed by atoms with Crippen molar-refractivity contribution >= 4 is 34.1 Å². The maximum absolute atomic E-state index is 13.0. The normalized spacial score (nSPS) is 16.0. The third-order valence-corrected chi connectivity index (χ3v) is 6.76. The summed E-state index contributed by atoms with van der Waals surface area (Å²) in [5.41, 5.74) is 6.85. The minimum atomic E-state index is 0.177. The van der Waals surface area contributed by atoms with Crippen molar-refractivity contribution in [2.24, 2.45) is 0 Å². The van der Waals surface area contributed by atoms with Gasteiger partial charge in [-0.15, -0.1) is 0 Å². The average molecular weight is 454 g/mol. The molecule has 0 spiro atoms. The topological polar surface area (TPSA) is 72.3 Å². The van der Waals surface area contributed by atoms with Crippen molar-refractivity contribution in [3.05, 3.63) is 66.0 Å². The monoisotopic (exact) mass is 453 g/mol. The Balaban J connectivity index is 1.37. The van der Waals surface area contributed by atoms with Gasteiger partial charge in [0.1, 0.15) is 5.65 Å². The first kappa shape index (κ1) is 20.9. The molecule has 0 unspecified atom stereocenters. The fourth-order valence-electron chi connectivity index (χ4n) is 5.04. The molecule has 0 saturated carbocycles. The van der Waals surface area contributed by atoms with Crippen LogP contribution in [-0.2, 0) is 11.3 Å². The van der Waals surface area contributed by atoms with Crippen LogP contribution in [0.2, 0.25) is 0 Å². The summed E-state index contributed by atoms with van der Waals surface area (Å²) >= 11 is 0. The van der Waals surface area contributed by atoms with Crippen molar-refractivity contribution in [1.82, 2.24) is 14.5 Å². The van der Waals surface area contributed by atoms with E-state index in [4.69, 9.17) is 9.72 Å². The van der Waals surface area contributed by atoms with Gasteiger partial charge in [-0.1, -0.05) is 24.3 Å². The number of benzene rings is 2. The van der Waals surface area contributed by atoms with Crippen LogP contribution in [0, 0.1) is 6.92 Å². The number of ketones is 1. The number of Topliss-reactive ketones (excluding diaryl/α,β-unsaturated/α-hetero) is 1. The lowest BCUT2D eigenvalue weighted by Crippen LogP contribution is -2.36. The molecule has 2 aliphatic rings. The van der Waals surface area contributed by atoms with Crippen LogP contribution in [0.5, 0.6) is 0 Å². The summed E-state index contributed by atoms with van der Waals surface area (Å²) < 4.78 is 7.53. The van der Waals surface area contributed by atoms with Gasteiger partial charge in [-0.25, -0.2) is 4.98 Å². The molecule has 1 saturated heterocycles. The molecule has 7 nitrogen and oxygen atoms in total. The van der Waals surface area contributed by atoms with Crippen molar-refractivity contribution < 1.29 is 9.53 Å². The highest BCUT2D eigenvalue weighted by atomic mass is 16.5. The molecule has 0 amide bonds. The zero-order chi connectivity index (χ0) is 23.1. The number of hydrogen-bond acceptors (Lipinski definition) is 6. The van der Waals surface area contributed by atoms with Crippen LogP contribution in [0.4, 0.5) is 17.3 Å². The molecule has 2 aromatic heterocycles. The van der Waals surface area contributed by atoms with E-state index in [-0.39, 0.29) is 5.78 Å². The first-order valence-electron chi connectivity index (χ1n) is 11.9. The molecule has 34 heavy (non-hydrogen) atoms. The molecule has 172 valence electrons. The van der Waals surface area contributed by atoms with Gasteiger partial charge in [0.25, 0.3) is 0 Å². The highest BCUT2D eigenvalue weighted by Crippen LogP contribution is 2.38. The Kier molecular flexibility index (Phi) is 5.26. The van der Waals surface area contributed by atoms with Gasteiger partial charge in [0.05, 0.1) is 18.9 Å². The molecule has 0 bridgehead atoms. The summed E-state index contributed by atoms with van der Waals surface area (Å²) in [4.78, 5) is 24.8. The predicted octanol–water partition coefficient (Wildman–Crippen LogP) is 4.96. The van der Waals surface area contributed by atoms with E-state index in [1.807, 2.05) is 30.5 Å². The molecule has 4 heterocycles. The van der Waals surface area contributed by atoms with Gasteiger partial charge in [-0.2, -0.15) is 4.98 Å². The number of carbonyl (C=O) groups excluding carboxylic acids is 1. The Morgan fingerprint density at radius 3 is 2.59 bits per heavy atom. The molecule has 0 atom stereocenters. The van der Waals surface area contributed by atoms with Crippen molar-refractivity contribution in [1.29, 1.82) is 0 Å². The van der Waals surface area contributed by atoms with E-state index in [1.54, 1.807) is 0 Å². The van der Waals surface area contributed by atoms with E-state index in [0.29, 0.717) is 12.4 Å². The second kappa shape index (κ2) is 8.57. The zero-order valence-electron chi connectivity index (χ0n) is 19.3. The lowest BCUT2D eigenvalue weighted by atomic mass is 9.95. The van der Waals surface area contributed by atoms with E-state index >= 15 is 0 Å². The fraction of sp³-hybridized carbons (Fsp3) is 0.296. The first-order valence-corrected chi connectivity index (χ1v) is 11.9. The van der Waals surface area contributed by atoms with Gasteiger partial charge in [-0.3, -0.25) is 4.79 Å². The Morgan fingerprint density at radius 2 is 1.79 bits per heavy atom. The molecule has 2 aromatic carbocycles. The van der Waals surface area contributed by atoms with E-state index in [0.717, 1.165) is 78.4 Å². The molecule has 7 heteroatoms. The SMILES string of the molecule is Cc1ccccc1-c1c2n(c3nc(Nc4ccc(N5CCOCC5)cc4)ncc13)CCCC2=O. The maximum Gasteiger partial charge on any atom is 0.229 e. The quantitative estimate of drug-likeness (QED) is 0.471. The van der Waals surface area contributed by atoms with E-state index in [2.05, 4.69) is 51.0 Å². The van der Waals surface area contributed by atoms with Crippen LogP contribution in [0.3, 0.4) is 0 Å². The Bertz CT molecular complexity index is 1370. The van der Waals surface area contributed by atoms with Crippen molar-refractivity contribution in [3.63, 3.8) is 0 Å². The summed E-state index contributed by atoms with van der Waals surface area (Å²) in [7, 11) is 0. The lowest BCUT2D eigenvalue weighted by molar-refractivity contribution is 0.0956. The van der Waals surface area contributed by atoms with Crippen LogP contribution in [0.15, 0.2) is 54.7 Å². The van der Waals surface area contributed by atoms with Gasteiger partial charge in [0.15, 0.2) is 5.78 Å². The van der Waals surface area contributed by atoms with Gasteiger partial charge >= 0.3 is 0 Å². The molecule has 0 radical (unpaired) electrons. The van der Waals surface area contributed by atoms with Crippen molar-refractivity contribution in [2.45, 2.75) is 26.3 Å². The second-order valence-electron chi connectivity index (χ2n) is 8.92. The van der Waals surface area contributed by atoms with E-state index in [9.17, 15) is 4.79 Å². The molecule has 0 aliphatic carbocycles. The molecule has 1 N–H and O–H groups in total. The molecule has 4 aromatic rings. The number of hydrogen-bond donors (Lipinski definition) is 1. The maximum atomic E-state index is 13.0. The van der Waals surface area contributed by atoms with Gasteiger partial charge in [-0.05, 0) is 48.7 Å². The first-order chi connectivity index (χ1) is 16.7. The largest absolute Gasteiger partial charge is 0.378 e. The Morgan fingerprint density at radius 1 is 1.00 bits per heavy atom. The fourth-order valence-corrected chi connectivity index (χ4v) is 5.04. The van der Waals surface area contributed by atoms with Crippen LogP contribution in [0.1, 0.15) is 28.9 Å². The smallest absolute Gasteiger partial charge is 0.229 e. The number of nitrogens with one attached hydrogen (secondary N) is 1. The van der Waals surface area contributed by atoms with Crippen molar-refractivity contribution in [2.75, 3.05) is 36.5 Å². The number of morpholine rings is 1. The number of carbonyl (C=O) groups is 1. The lowest BCUT2D eigenvalue weighted by Gasteiger charge is -2.28. The number of rotatable bonds is 4. The number of aromatic nitrogens is 3. The molecule has 2 aliphatic heterocycles. The third kappa shape index (κ3) is 3.62. The highest BCUT2D eigenvalue weighted by molar-refractivity contribution is 6.11. The summed E-state index contributed by atoms with van der Waals surface area (Å²) in [5, 5.41) is 4.26. The number of ether oxygens (including phenoxy) is 1. The Hall–Kier alpha value is -3.71. The van der Waals surface area contributed by atoms with Gasteiger partial charge < -0.3 is 19.5 Å². The molecular formula is C27H27N5O2. The zero-order valence-corrected chi connectivity index (χ0v) is 19.3. The summed E-state index contributed by atoms with van der Waals surface area (Å²) in [5.74, 6) is 0.706. The highest BCUT2D eigenvalue weighted by Gasteiger charge is 2.28.